The first kappa shape index (κ1) is 26.4. The molecule has 0 bridgehead atoms. The smallest absolute Gasteiger partial charge is 0.266 e. The van der Waals surface area contributed by atoms with Crippen LogP contribution in [0.5, 0.6) is 11.5 Å². The molecule has 0 fully saturated rings. The second kappa shape index (κ2) is 12.6. The number of hydrogen-bond donors (Lipinski definition) is 2. The van der Waals surface area contributed by atoms with Crippen LogP contribution in [0, 0.1) is 6.92 Å². The molecule has 0 unspecified atom stereocenters. The number of H-pyrrole nitrogens is 1. The summed E-state index contributed by atoms with van der Waals surface area (Å²) >= 11 is 1.43. The van der Waals surface area contributed by atoms with E-state index in [1.807, 2.05) is 66.9 Å². The zero-order chi connectivity index (χ0) is 26.2. The maximum atomic E-state index is 13.1. The predicted molar refractivity (Wildman–Crippen MR) is 153 cm³/mol. The number of methoxy groups -OCH3 is 1. The molecule has 0 atom stereocenters. The molecule has 37 heavy (non-hydrogen) atoms. The highest BCUT2D eigenvalue weighted by molar-refractivity contribution is 7.12. The summed E-state index contributed by atoms with van der Waals surface area (Å²) in [7, 11) is 1.63. The van der Waals surface area contributed by atoms with Crippen molar-refractivity contribution in [3.05, 3.63) is 69.5 Å². The minimum Gasteiger partial charge on any atom is -0.493 e. The molecule has 1 amide bonds. The fourth-order valence-corrected chi connectivity index (χ4v) is 4.99. The van der Waals surface area contributed by atoms with Gasteiger partial charge in [-0.1, -0.05) is 38.1 Å². The molecular formula is C29H34N4O3S. The molecular weight excluding hydrogens is 484 g/mol. The molecule has 8 heteroatoms. The number of aryl methyl sites for hydroxylation is 1. The number of fused-ring (bicyclic) bond motifs is 1. The van der Waals surface area contributed by atoms with Crippen LogP contribution >= 0.6 is 11.3 Å². The van der Waals surface area contributed by atoms with Crippen molar-refractivity contribution in [3.8, 4) is 11.5 Å². The number of rotatable bonds is 12. The molecule has 2 aromatic carbocycles. The number of hydrogen-bond acceptors (Lipinski definition) is 6. The molecule has 0 saturated heterocycles. The zero-order valence-electron chi connectivity index (χ0n) is 21.8. The van der Waals surface area contributed by atoms with Gasteiger partial charge in [0.25, 0.3) is 5.91 Å². The van der Waals surface area contributed by atoms with E-state index in [2.05, 4.69) is 34.3 Å². The summed E-state index contributed by atoms with van der Waals surface area (Å²) in [5, 5.41) is 13.5. The number of anilines is 1. The standard InChI is InChI=1S/C29H34N4O3S/c1-5-33(6-2)15-9-16-36-27-19-25(30-29(34)28-20(3)14-17-37-28)21(18-26(27)35-4)12-13-24-22-10-7-8-11-23(22)31-32-24/h7-8,10-14,17-19H,5-6,9,15-16H2,1-4H3,(H,30,34)(H,31,32). The molecule has 0 radical (unpaired) electrons. The number of nitrogens with one attached hydrogen (secondary N) is 2. The van der Waals surface area contributed by atoms with Crippen LogP contribution in [0.25, 0.3) is 23.1 Å². The van der Waals surface area contributed by atoms with Crippen molar-refractivity contribution in [2.75, 3.05) is 38.7 Å². The Hall–Kier alpha value is -3.62. The van der Waals surface area contributed by atoms with E-state index < -0.39 is 0 Å². The Labute approximate surface area is 222 Å². The van der Waals surface area contributed by atoms with E-state index in [0.29, 0.717) is 28.7 Å². The van der Waals surface area contributed by atoms with Crippen LogP contribution < -0.4 is 14.8 Å². The first-order valence-electron chi connectivity index (χ1n) is 12.6. The average molecular weight is 519 g/mol. The molecule has 4 aromatic rings. The first-order valence-corrected chi connectivity index (χ1v) is 13.5. The summed E-state index contributed by atoms with van der Waals surface area (Å²) in [6.45, 7) is 9.82. The van der Waals surface area contributed by atoms with Crippen molar-refractivity contribution in [3.63, 3.8) is 0 Å². The third-order valence-corrected chi connectivity index (χ3v) is 7.36. The van der Waals surface area contributed by atoms with Gasteiger partial charge in [0, 0.05) is 23.6 Å². The Balaban J connectivity index is 1.63. The summed E-state index contributed by atoms with van der Waals surface area (Å²) in [6, 6.07) is 13.7. The highest BCUT2D eigenvalue weighted by Gasteiger charge is 2.16. The minimum atomic E-state index is -0.148. The van der Waals surface area contributed by atoms with E-state index in [4.69, 9.17) is 9.47 Å². The minimum absolute atomic E-state index is 0.148. The van der Waals surface area contributed by atoms with Gasteiger partial charge >= 0.3 is 0 Å². The maximum Gasteiger partial charge on any atom is 0.266 e. The number of nitrogens with zero attached hydrogens (tertiary/aromatic N) is 2. The predicted octanol–water partition coefficient (Wildman–Crippen LogP) is 6.47. The highest BCUT2D eigenvalue weighted by Crippen LogP contribution is 2.35. The molecule has 4 rings (SSSR count). The van der Waals surface area contributed by atoms with Crippen LogP contribution in [0.1, 0.15) is 46.8 Å². The SMILES string of the molecule is CCN(CC)CCCOc1cc(NC(=O)c2sccc2C)c(C=Cc2n[nH]c3ccccc23)cc1OC. The van der Waals surface area contributed by atoms with Gasteiger partial charge in [0.2, 0.25) is 0 Å². The summed E-state index contributed by atoms with van der Waals surface area (Å²) in [6.07, 6.45) is 4.77. The molecule has 2 aromatic heterocycles. The van der Waals surface area contributed by atoms with Crippen molar-refractivity contribution in [1.82, 2.24) is 15.1 Å². The van der Waals surface area contributed by atoms with Crippen molar-refractivity contribution < 1.29 is 14.3 Å². The van der Waals surface area contributed by atoms with E-state index in [1.165, 1.54) is 11.3 Å². The largest absolute Gasteiger partial charge is 0.493 e. The molecule has 0 aliphatic carbocycles. The van der Waals surface area contributed by atoms with Crippen LogP contribution in [0.2, 0.25) is 0 Å². The normalized spacial score (nSPS) is 11.5. The van der Waals surface area contributed by atoms with Gasteiger partial charge < -0.3 is 19.7 Å². The lowest BCUT2D eigenvalue weighted by Crippen LogP contribution is -2.25. The van der Waals surface area contributed by atoms with Gasteiger partial charge in [0.1, 0.15) is 0 Å². The maximum absolute atomic E-state index is 13.1. The molecule has 2 N–H and O–H groups in total. The second-order valence-corrected chi connectivity index (χ2v) is 9.61. The van der Waals surface area contributed by atoms with Gasteiger partial charge in [-0.3, -0.25) is 9.89 Å². The Morgan fingerprint density at radius 2 is 1.95 bits per heavy atom. The lowest BCUT2D eigenvalue weighted by atomic mass is 10.1. The van der Waals surface area contributed by atoms with Crippen LogP contribution in [0.3, 0.4) is 0 Å². The number of carbonyl (C=O) groups is 1. The summed E-state index contributed by atoms with van der Waals surface area (Å²) in [4.78, 5) is 16.2. The van der Waals surface area contributed by atoms with E-state index >= 15 is 0 Å². The molecule has 7 nitrogen and oxygen atoms in total. The topological polar surface area (TPSA) is 79.5 Å². The highest BCUT2D eigenvalue weighted by atomic mass is 32.1. The van der Waals surface area contributed by atoms with Gasteiger partial charge in [-0.25, -0.2) is 0 Å². The molecule has 0 aliphatic heterocycles. The molecule has 194 valence electrons. The summed E-state index contributed by atoms with van der Waals surface area (Å²) < 4.78 is 11.8. The lowest BCUT2D eigenvalue weighted by molar-refractivity contribution is 0.103. The van der Waals surface area contributed by atoms with Gasteiger partial charge in [-0.15, -0.1) is 11.3 Å². The molecule has 0 saturated carbocycles. The molecule has 0 spiro atoms. The van der Waals surface area contributed by atoms with Crippen LogP contribution in [-0.2, 0) is 0 Å². The number of thiophene rings is 1. The number of ether oxygens (including phenoxy) is 2. The van der Waals surface area contributed by atoms with Crippen LogP contribution in [-0.4, -0.2) is 54.4 Å². The summed E-state index contributed by atoms with van der Waals surface area (Å²) in [5.74, 6) is 1.06. The third-order valence-electron chi connectivity index (χ3n) is 6.34. The number of para-hydroxylation sites is 1. The van der Waals surface area contributed by atoms with E-state index in [1.54, 1.807) is 7.11 Å². The number of aromatic nitrogens is 2. The zero-order valence-corrected chi connectivity index (χ0v) is 22.7. The van der Waals surface area contributed by atoms with E-state index in [0.717, 1.165) is 53.8 Å². The Morgan fingerprint density at radius 1 is 1.14 bits per heavy atom. The van der Waals surface area contributed by atoms with Crippen molar-refractivity contribution >= 4 is 46.0 Å². The number of aromatic amines is 1. The molecule has 2 heterocycles. The van der Waals surface area contributed by atoms with Gasteiger partial charge in [0.15, 0.2) is 11.5 Å². The van der Waals surface area contributed by atoms with Crippen molar-refractivity contribution in [2.24, 2.45) is 0 Å². The summed E-state index contributed by atoms with van der Waals surface area (Å²) in [5.41, 5.74) is 4.17. The Kier molecular flexibility index (Phi) is 8.98. The monoisotopic (exact) mass is 518 g/mol. The number of amides is 1. The lowest BCUT2D eigenvalue weighted by Gasteiger charge is -2.19. The first-order chi connectivity index (χ1) is 18.0. The van der Waals surface area contributed by atoms with E-state index in [-0.39, 0.29) is 5.91 Å². The molecule has 0 aliphatic rings. The number of carbonyl (C=O) groups excluding carboxylic acids is 1. The fourth-order valence-electron chi connectivity index (χ4n) is 4.17. The van der Waals surface area contributed by atoms with E-state index in [9.17, 15) is 4.79 Å². The van der Waals surface area contributed by atoms with Crippen LogP contribution in [0.4, 0.5) is 5.69 Å². The van der Waals surface area contributed by atoms with Crippen LogP contribution in [0.15, 0.2) is 47.8 Å². The van der Waals surface area contributed by atoms with Crippen molar-refractivity contribution in [1.29, 1.82) is 0 Å². The van der Waals surface area contributed by atoms with Gasteiger partial charge in [0.05, 0.1) is 35.5 Å². The Bertz CT molecular complexity index is 1370. The van der Waals surface area contributed by atoms with Gasteiger partial charge in [-0.05, 0) is 61.7 Å². The number of benzene rings is 2. The average Bonchev–Trinajstić information content (AvgIpc) is 3.54. The quantitative estimate of drug-likeness (QED) is 0.210. The fraction of sp³-hybridized carbons (Fsp3) is 0.310. The second-order valence-electron chi connectivity index (χ2n) is 8.69. The van der Waals surface area contributed by atoms with Crippen molar-refractivity contribution in [2.45, 2.75) is 27.2 Å². The van der Waals surface area contributed by atoms with Gasteiger partial charge in [-0.2, -0.15) is 5.10 Å². The Morgan fingerprint density at radius 3 is 2.68 bits per heavy atom. The third kappa shape index (κ3) is 6.39.